The molecular weight excluding hydrogens is 767 g/mol. The lowest BCUT2D eigenvalue weighted by molar-refractivity contribution is 0.660. The van der Waals surface area contributed by atoms with Crippen LogP contribution in [0.1, 0.15) is 25.0 Å². The maximum atomic E-state index is 5.31. The number of fused-ring (bicyclic) bond motifs is 10. The Morgan fingerprint density at radius 2 is 0.952 bits per heavy atom. The lowest BCUT2D eigenvalue weighted by atomic mass is 9.82. The topological polar surface area (TPSA) is 48.5 Å². The molecule has 63 heavy (non-hydrogen) atoms. The molecule has 0 N–H and O–H groups in total. The highest BCUT2D eigenvalue weighted by molar-refractivity contribution is 6.15. The molecule has 0 radical (unpaired) electrons. The third-order valence-corrected chi connectivity index (χ3v) is 13.3. The average molecular weight is 806 g/mol. The molecule has 0 unspecified atom stereocenters. The molecule has 5 nitrogen and oxygen atoms in total. The molecule has 12 aromatic rings. The van der Waals surface area contributed by atoms with E-state index in [-0.39, 0.29) is 5.41 Å². The number of hydrogen-bond acceptors (Lipinski definition) is 3. The van der Waals surface area contributed by atoms with Gasteiger partial charge in [-0.1, -0.05) is 172 Å². The summed E-state index contributed by atoms with van der Waals surface area (Å²) < 4.78 is 4.88. The zero-order chi connectivity index (χ0) is 41.8. The van der Waals surface area contributed by atoms with Gasteiger partial charge in [-0.05, 0) is 75.5 Å². The molecule has 13 rings (SSSR count). The minimum absolute atomic E-state index is 0.151. The number of nitrogens with zero attached hydrogens (tertiary/aromatic N) is 5. The highest BCUT2D eigenvalue weighted by Crippen LogP contribution is 2.49. The Kier molecular flexibility index (Phi) is 7.58. The second-order valence-electron chi connectivity index (χ2n) is 17.2. The molecular formula is C58H39N5. The smallest absolute Gasteiger partial charge is 0.164 e. The Morgan fingerprint density at radius 1 is 0.365 bits per heavy atom. The van der Waals surface area contributed by atoms with E-state index in [1.54, 1.807) is 0 Å². The van der Waals surface area contributed by atoms with Crippen molar-refractivity contribution >= 4 is 54.4 Å². The molecule has 0 spiro atoms. The van der Waals surface area contributed by atoms with Crippen LogP contribution in [0.25, 0.3) is 111 Å². The first-order chi connectivity index (χ1) is 31.0. The molecule has 0 aliphatic heterocycles. The molecule has 5 heteroatoms. The largest absolute Gasteiger partial charge is 0.307 e. The van der Waals surface area contributed by atoms with Gasteiger partial charge in [0.05, 0.1) is 27.8 Å². The van der Waals surface area contributed by atoms with Crippen molar-refractivity contribution in [2.24, 2.45) is 0 Å². The van der Waals surface area contributed by atoms with Crippen LogP contribution in [0, 0.1) is 0 Å². The quantitative estimate of drug-likeness (QED) is 0.174. The molecule has 0 bridgehead atoms. The third kappa shape index (κ3) is 5.33. The van der Waals surface area contributed by atoms with E-state index in [0.717, 1.165) is 50.0 Å². The molecule has 1 aliphatic carbocycles. The van der Waals surface area contributed by atoms with Gasteiger partial charge in [0.15, 0.2) is 17.5 Å². The third-order valence-electron chi connectivity index (χ3n) is 13.3. The molecule has 0 saturated carbocycles. The fourth-order valence-electron chi connectivity index (χ4n) is 10.3. The Bertz CT molecular complexity index is 3830. The van der Waals surface area contributed by atoms with Gasteiger partial charge in [-0.2, -0.15) is 0 Å². The molecule has 3 heterocycles. The zero-order valence-corrected chi connectivity index (χ0v) is 34.8. The first kappa shape index (κ1) is 35.6. The number of hydrogen-bond donors (Lipinski definition) is 0. The standard InChI is InChI=1S/C58H39N5/c1-58(2)48-23-11-8-19-42(48)43-31-28-39(34-49(43)58)56-59-55(37-16-4-3-5-17-37)60-57(61-56)40-29-32-46-44-20-9-13-25-51(44)63(53(46)35-40)52-26-14-22-47-45-21-10-12-24-50(45)62(54(47)52)41-30-27-36-15-6-7-18-38(36)33-41/h3-35H,1-2H3. The van der Waals surface area contributed by atoms with Crippen molar-refractivity contribution in [1.29, 1.82) is 0 Å². The van der Waals surface area contributed by atoms with Crippen LogP contribution in [0.4, 0.5) is 0 Å². The molecule has 9 aromatic carbocycles. The Labute approximate surface area is 364 Å². The van der Waals surface area contributed by atoms with Crippen molar-refractivity contribution in [2.75, 3.05) is 0 Å². The molecule has 0 atom stereocenters. The second kappa shape index (κ2) is 13.4. The van der Waals surface area contributed by atoms with Crippen molar-refractivity contribution in [3.63, 3.8) is 0 Å². The van der Waals surface area contributed by atoms with Gasteiger partial charge in [-0.3, -0.25) is 0 Å². The van der Waals surface area contributed by atoms with Gasteiger partial charge in [0, 0.05) is 49.3 Å². The summed E-state index contributed by atoms with van der Waals surface area (Å²) >= 11 is 0. The van der Waals surface area contributed by atoms with Crippen LogP contribution in [0.15, 0.2) is 200 Å². The van der Waals surface area contributed by atoms with Gasteiger partial charge in [-0.25, -0.2) is 15.0 Å². The van der Waals surface area contributed by atoms with Gasteiger partial charge in [0.25, 0.3) is 0 Å². The average Bonchev–Trinajstić information content (AvgIpc) is 3.94. The minimum Gasteiger partial charge on any atom is -0.307 e. The van der Waals surface area contributed by atoms with E-state index in [9.17, 15) is 0 Å². The van der Waals surface area contributed by atoms with Gasteiger partial charge >= 0.3 is 0 Å². The summed E-state index contributed by atoms with van der Waals surface area (Å²) in [7, 11) is 0. The van der Waals surface area contributed by atoms with E-state index in [0.29, 0.717) is 17.5 Å². The second-order valence-corrected chi connectivity index (χ2v) is 17.2. The predicted octanol–water partition coefficient (Wildman–Crippen LogP) is 14.5. The van der Waals surface area contributed by atoms with Gasteiger partial charge in [-0.15, -0.1) is 0 Å². The normalized spacial score (nSPS) is 13.0. The summed E-state index contributed by atoms with van der Waals surface area (Å²) in [5.74, 6) is 1.92. The fraction of sp³-hybridized carbons (Fsp3) is 0.0517. The SMILES string of the molecule is CC1(C)c2ccccc2-c2ccc(-c3nc(-c4ccccc4)nc(-c4ccc5c6ccccc6n(-c6cccc7c8ccccc8n(-c8ccc9ccccc9c8)c67)c5c4)n3)cc21. The monoisotopic (exact) mass is 805 g/mol. The number of para-hydroxylation sites is 3. The predicted molar refractivity (Wildman–Crippen MR) is 260 cm³/mol. The Hall–Kier alpha value is -8.15. The van der Waals surface area contributed by atoms with Crippen molar-refractivity contribution in [1.82, 2.24) is 24.1 Å². The molecule has 0 saturated heterocycles. The van der Waals surface area contributed by atoms with E-state index in [2.05, 4.69) is 205 Å². The summed E-state index contributed by atoms with van der Waals surface area (Å²) in [6.45, 7) is 4.62. The molecule has 0 fully saturated rings. The van der Waals surface area contributed by atoms with Gasteiger partial charge in [0.1, 0.15) is 0 Å². The number of rotatable bonds is 5. The van der Waals surface area contributed by atoms with Crippen LogP contribution in [0.5, 0.6) is 0 Å². The van der Waals surface area contributed by atoms with E-state index >= 15 is 0 Å². The minimum atomic E-state index is -0.151. The van der Waals surface area contributed by atoms with Gasteiger partial charge in [0.2, 0.25) is 0 Å². The van der Waals surface area contributed by atoms with Crippen molar-refractivity contribution in [3.05, 3.63) is 211 Å². The highest BCUT2D eigenvalue weighted by Gasteiger charge is 2.35. The molecule has 3 aromatic heterocycles. The molecule has 0 amide bonds. The molecule has 296 valence electrons. The van der Waals surface area contributed by atoms with Crippen LogP contribution in [0.3, 0.4) is 0 Å². The van der Waals surface area contributed by atoms with Crippen LogP contribution < -0.4 is 0 Å². The zero-order valence-electron chi connectivity index (χ0n) is 34.8. The number of benzene rings is 9. The van der Waals surface area contributed by atoms with Crippen LogP contribution >= 0.6 is 0 Å². The lowest BCUT2D eigenvalue weighted by Crippen LogP contribution is -2.15. The summed E-state index contributed by atoms with van der Waals surface area (Å²) in [6.07, 6.45) is 0. The fourth-order valence-corrected chi connectivity index (χ4v) is 10.3. The van der Waals surface area contributed by atoms with E-state index in [4.69, 9.17) is 15.0 Å². The van der Waals surface area contributed by atoms with Crippen molar-refractivity contribution in [2.45, 2.75) is 19.3 Å². The summed E-state index contributed by atoms with van der Waals surface area (Å²) in [4.78, 5) is 15.7. The van der Waals surface area contributed by atoms with Crippen molar-refractivity contribution in [3.8, 4) is 56.7 Å². The van der Waals surface area contributed by atoms with Crippen LogP contribution in [0.2, 0.25) is 0 Å². The van der Waals surface area contributed by atoms with Gasteiger partial charge < -0.3 is 9.13 Å². The Balaban J connectivity index is 1.05. The van der Waals surface area contributed by atoms with E-state index < -0.39 is 0 Å². The van der Waals surface area contributed by atoms with Crippen molar-refractivity contribution < 1.29 is 0 Å². The highest BCUT2D eigenvalue weighted by atomic mass is 15.1. The maximum absolute atomic E-state index is 5.31. The first-order valence-electron chi connectivity index (χ1n) is 21.6. The van der Waals surface area contributed by atoms with E-state index in [1.807, 2.05) is 18.2 Å². The summed E-state index contributed by atoms with van der Waals surface area (Å²) in [5, 5.41) is 7.20. The van der Waals surface area contributed by atoms with Crippen LogP contribution in [-0.4, -0.2) is 24.1 Å². The van der Waals surface area contributed by atoms with E-state index in [1.165, 1.54) is 54.7 Å². The van der Waals surface area contributed by atoms with Crippen LogP contribution in [-0.2, 0) is 5.41 Å². The molecule has 1 aliphatic rings. The first-order valence-corrected chi connectivity index (χ1v) is 21.6. The summed E-state index contributed by atoms with van der Waals surface area (Å²) in [6, 6.07) is 72.0. The summed E-state index contributed by atoms with van der Waals surface area (Å²) in [5.41, 5.74) is 14.6. The number of aromatic nitrogens is 5. The lowest BCUT2D eigenvalue weighted by Gasteiger charge is -2.21. The maximum Gasteiger partial charge on any atom is 0.164 e. The Morgan fingerprint density at radius 3 is 1.76 bits per heavy atom.